The third-order valence-electron chi connectivity index (χ3n) is 3.78. The Hall–Kier alpha value is -1.46. The third kappa shape index (κ3) is 3.77. The molecular formula is C15H22FN3O. The minimum absolute atomic E-state index is 0.116. The summed E-state index contributed by atoms with van der Waals surface area (Å²) in [5.41, 5.74) is 7.01. The molecular weight excluding hydrogens is 257 g/mol. The summed E-state index contributed by atoms with van der Waals surface area (Å²) >= 11 is 0. The van der Waals surface area contributed by atoms with Crippen molar-refractivity contribution in [3.63, 3.8) is 0 Å². The van der Waals surface area contributed by atoms with Crippen LogP contribution in [0.15, 0.2) is 18.2 Å². The first-order valence-corrected chi connectivity index (χ1v) is 7.05. The maximum absolute atomic E-state index is 14.0. The zero-order valence-electron chi connectivity index (χ0n) is 11.9. The molecule has 0 radical (unpaired) electrons. The fourth-order valence-electron chi connectivity index (χ4n) is 2.53. The first-order valence-electron chi connectivity index (χ1n) is 7.05. The molecule has 1 aliphatic rings. The molecule has 0 unspecified atom stereocenters. The van der Waals surface area contributed by atoms with Crippen molar-refractivity contribution in [1.29, 1.82) is 0 Å². The van der Waals surface area contributed by atoms with Crippen molar-refractivity contribution in [2.75, 3.05) is 26.2 Å². The first kappa shape index (κ1) is 14.9. The van der Waals surface area contributed by atoms with Crippen LogP contribution in [0.3, 0.4) is 0 Å². The van der Waals surface area contributed by atoms with Gasteiger partial charge in [-0.25, -0.2) is 4.39 Å². The van der Waals surface area contributed by atoms with Gasteiger partial charge in [0.2, 0.25) is 5.91 Å². The minimum Gasteiger partial charge on any atom is -0.342 e. The van der Waals surface area contributed by atoms with E-state index in [1.54, 1.807) is 6.92 Å². The second-order valence-corrected chi connectivity index (χ2v) is 5.27. The number of halogens is 1. The molecule has 0 aromatic heterocycles. The van der Waals surface area contributed by atoms with Gasteiger partial charge in [0.25, 0.3) is 0 Å². The van der Waals surface area contributed by atoms with Crippen LogP contribution in [-0.2, 0) is 17.9 Å². The van der Waals surface area contributed by atoms with E-state index in [2.05, 4.69) is 4.90 Å². The SMILES string of the molecule is CC(=O)N1CCCN(Cc2ccc(CN)cc2F)CC1. The highest BCUT2D eigenvalue weighted by molar-refractivity contribution is 5.73. The van der Waals surface area contributed by atoms with Crippen molar-refractivity contribution in [3.05, 3.63) is 35.1 Å². The minimum atomic E-state index is -0.194. The van der Waals surface area contributed by atoms with Crippen LogP contribution in [0.25, 0.3) is 0 Å². The summed E-state index contributed by atoms with van der Waals surface area (Å²) < 4.78 is 14.0. The number of benzene rings is 1. The number of hydrogen-bond donors (Lipinski definition) is 1. The van der Waals surface area contributed by atoms with E-state index in [4.69, 9.17) is 5.73 Å². The Morgan fingerprint density at radius 3 is 2.75 bits per heavy atom. The average molecular weight is 279 g/mol. The summed E-state index contributed by atoms with van der Waals surface area (Å²) in [7, 11) is 0. The Labute approximate surface area is 119 Å². The third-order valence-corrected chi connectivity index (χ3v) is 3.78. The van der Waals surface area contributed by atoms with Crippen LogP contribution in [0.4, 0.5) is 4.39 Å². The largest absolute Gasteiger partial charge is 0.342 e. The molecule has 1 amide bonds. The number of hydrogen-bond acceptors (Lipinski definition) is 3. The normalized spacial score (nSPS) is 17.1. The Bertz CT molecular complexity index is 478. The van der Waals surface area contributed by atoms with Crippen LogP contribution < -0.4 is 5.73 Å². The number of nitrogens with two attached hydrogens (primary N) is 1. The number of rotatable bonds is 3. The van der Waals surface area contributed by atoms with Gasteiger partial charge >= 0.3 is 0 Å². The zero-order valence-corrected chi connectivity index (χ0v) is 11.9. The highest BCUT2D eigenvalue weighted by Gasteiger charge is 2.17. The molecule has 1 saturated heterocycles. The van der Waals surface area contributed by atoms with Gasteiger partial charge in [0.15, 0.2) is 0 Å². The van der Waals surface area contributed by atoms with Crippen molar-refractivity contribution >= 4 is 5.91 Å². The van der Waals surface area contributed by atoms with Crippen LogP contribution in [0.1, 0.15) is 24.5 Å². The smallest absolute Gasteiger partial charge is 0.219 e. The van der Waals surface area contributed by atoms with Gasteiger partial charge in [-0.15, -0.1) is 0 Å². The molecule has 0 spiro atoms. The van der Waals surface area contributed by atoms with Gasteiger partial charge in [-0.05, 0) is 18.1 Å². The van der Waals surface area contributed by atoms with Crippen LogP contribution in [-0.4, -0.2) is 41.9 Å². The predicted molar refractivity (Wildman–Crippen MR) is 76.4 cm³/mol. The fourth-order valence-corrected chi connectivity index (χ4v) is 2.53. The van der Waals surface area contributed by atoms with Crippen molar-refractivity contribution in [1.82, 2.24) is 9.80 Å². The second kappa shape index (κ2) is 6.81. The molecule has 1 fully saturated rings. The van der Waals surface area contributed by atoms with E-state index < -0.39 is 0 Å². The molecule has 1 aromatic carbocycles. The van der Waals surface area contributed by atoms with Crippen LogP contribution >= 0.6 is 0 Å². The summed E-state index contributed by atoms with van der Waals surface area (Å²) in [5.74, 6) is -0.0778. The highest BCUT2D eigenvalue weighted by atomic mass is 19.1. The summed E-state index contributed by atoms with van der Waals surface area (Å²) in [5, 5.41) is 0. The summed E-state index contributed by atoms with van der Waals surface area (Å²) in [4.78, 5) is 15.4. The Balaban J connectivity index is 1.98. The van der Waals surface area contributed by atoms with Gasteiger partial charge in [0.1, 0.15) is 5.82 Å². The molecule has 0 saturated carbocycles. The van der Waals surface area contributed by atoms with Crippen molar-refractivity contribution in [2.45, 2.75) is 26.4 Å². The first-order chi connectivity index (χ1) is 9.60. The average Bonchev–Trinajstić information content (AvgIpc) is 2.66. The van der Waals surface area contributed by atoms with Gasteiger partial charge in [0.05, 0.1) is 0 Å². The predicted octanol–water partition coefficient (Wildman–Crippen LogP) is 1.34. The monoisotopic (exact) mass is 279 g/mol. The molecule has 4 nitrogen and oxygen atoms in total. The number of amides is 1. The quantitative estimate of drug-likeness (QED) is 0.908. The van der Waals surface area contributed by atoms with Crippen molar-refractivity contribution in [3.8, 4) is 0 Å². The summed E-state index contributed by atoms with van der Waals surface area (Å²) in [6, 6.07) is 5.19. The topological polar surface area (TPSA) is 49.6 Å². The summed E-state index contributed by atoms with van der Waals surface area (Å²) in [6.45, 7) is 5.73. The molecule has 1 heterocycles. The van der Waals surface area contributed by atoms with Gasteiger partial charge in [-0.2, -0.15) is 0 Å². The standard InChI is InChI=1S/C15H22FN3O/c1-12(20)19-6-2-5-18(7-8-19)11-14-4-3-13(10-17)9-15(14)16/h3-4,9H,2,5-8,10-11,17H2,1H3. The van der Waals surface area contributed by atoms with Gasteiger partial charge in [0, 0.05) is 51.8 Å². The molecule has 5 heteroatoms. The van der Waals surface area contributed by atoms with E-state index in [0.29, 0.717) is 18.7 Å². The highest BCUT2D eigenvalue weighted by Crippen LogP contribution is 2.14. The molecule has 2 N–H and O–H groups in total. The van der Waals surface area contributed by atoms with Crippen molar-refractivity contribution in [2.24, 2.45) is 5.73 Å². The van der Waals surface area contributed by atoms with E-state index in [-0.39, 0.29) is 11.7 Å². The van der Waals surface area contributed by atoms with Gasteiger partial charge in [-0.3, -0.25) is 9.69 Å². The van der Waals surface area contributed by atoms with Crippen LogP contribution in [0.2, 0.25) is 0 Å². The molecule has 0 atom stereocenters. The molecule has 110 valence electrons. The van der Waals surface area contributed by atoms with Crippen LogP contribution in [0.5, 0.6) is 0 Å². The number of nitrogens with zero attached hydrogens (tertiary/aromatic N) is 2. The molecule has 2 rings (SSSR count). The Kier molecular flexibility index (Phi) is 5.09. The molecule has 20 heavy (non-hydrogen) atoms. The van der Waals surface area contributed by atoms with E-state index in [1.807, 2.05) is 17.0 Å². The Morgan fingerprint density at radius 1 is 1.30 bits per heavy atom. The maximum atomic E-state index is 14.0. The lowest BCUT2D eigenvalue weighted by Gasteiger charge is -2.21. The maximum Gasteiger partial charge on any atom is 0.219 e. The molecule has 0 aliphatic carbocycles. The number of carbonyl (C=O) groups excluding carboxylic acids is 1. The zero-order chi connectivity index (χ0) is 14.5. The van der Waals surface area contributed by atoms with Crippen molar-refractivity contribution < 1.29 is 9.18 Å². The van der Waals surface area contributed by atoms with Gasteiger partial charge in [-0.1, -0.05) is 12.1 Å². The van der Waals surface area contributed by atoms with E-state index >= 15 is 0 Å². The van der Waals surface area contributed by atoms with E-state index in [1.165, 1.54) is 6.07 Å². The fraction of sp³-hybridized carbons (Fsp3) is 0.533. The lowest BCUT2D eigenvalue weighted by Crippen LogP contribution is -2.33. The van der Waals surface area contributed by atoms with Gasteiger partial charge < -0.3 is 10.6 Å². The van der Waals surface area contributed by atoms with E-state index in [9.17, 15) is 9.18 Å². The second-order valence-electron chi connectivity index (χ2n) is 5.27. The summed E-state index contributed by atoms with van der Waals surface area (Å²) in [6.07, 6.45) is 0.933. The Morgan fingerprint density at radius 2 is 2.10 bits per heavy atom. The lowest BCUT2D eigenvalue weighted by atomic mass is 10.1. The van der Waals surface area contributed by atoms with E-state index in [0.717, 1.165) is 38.2 Å². The lowest BCUT2D eigenvalue weighted by molar-refractivity contribution is -0.128. The number of carbonyl (C=O) groups is 1. The van der Waals surface area contributed by atoms with Crippen LogP contribution in [0, 0.1) is 5.82 Å². The molecule has 0 bridgehead atoms. The molecule has 1 aromatic rings. The molecule has 1 aliphatic heterocycles.